The SMILES string of the molecule is CS(=O)(=O)OCCN(Cc1ccccc1)C[C@H](Nc1ccc(C#N)cc1Cl)c1ccc(Cl)cc1. The molecule has 3 rings (SSSR count). The Morgan fingerprint density at radius 3 is 2.38 bits per heavy atom. The molecule has 0 aliphatic rings. The molecule has 0 spiro atoms. The van der Waals surface area contributed by atoms with Crippen molar-refractivity contribution in [2.45, 2.75) is 12.6 Å². The number of nitrogens with one attached hydrogen (secondary N) is 1. The monoisotopic (exact) mass is 517 g/mol. The van der Waals surface area contributed by atoms with Gasteiger partial charge in [-0.15, -0.1) is 0 Å². The molecule has 0 saturated carbocycles. The van der Waals surface area contributed by atoms with Crippen molar-refractivity contribution < 1.29 is 12.6 Å². The highest BCUT2D eigenvalue weighted by molar-refractivity contribution is 7.85. The summed E-state index contributed by atoms with van der Waals surface area (Å²) in [6, 6.07) is 24.4. The molecule has 34 heavy (non-hydrogen) atoms. The highest BCUT2D eigenvalue weighted by Gasteiger charge is 2.19. The first-order valence-electron chi connectivity index (χ1n) is 10.6. The van der Waals surface area contributed by atoms with E-state index in [1.807, 2.05) is 54.6 Å². The van der Waals surface area contributed by atoms with Crippen LogP contribution in [0.5, 0.6) is 0 Å². The molecule has 1 atom stereocenters. The summed E-state index contributed by atoms with van der Waals surface area (Å²) < 4.78 is 28.0. The maximum atomic E-state index is 11.5. The molecule has 0 amide bonds. The van der Waals surface area contributed by atoms with E-state index in [0.717, 1.165) is 17.4 Å². The van der Waals surface area contributed by atoms with Gasteiger partial charge in [0, 0.05) is 24.7 Å². The molecule has 0 saturated heterocycles. The molecule has 178 valence electrons. The Bertz CT molecular complexity index is 1230. The van der Waals surface area contributed by atoms with Crippen LogP contribution in [0.4, 0.5) is 5.69 Å². The fourth-order valence-electron chi connectivity index (χ4n) is 3.47. The molecule has 3 aromatic carbocycles. The molecule has 1 N–H and O–H groups in total. The van der Waals surface area contributed by atoms with Crippen LogP contribution in [-0.2, 0) is 20.8 Å². The molecule has 0 aliphatic heterocycles. The normalized spacial score (nSPS) is 12.3. The summed E-state index contributed by atoms with van der Waals surface area (Å²) in [4.78, 5) is 2.12. The van der Waals surface area contributed by atoms with E-state index < -0.39 is 10.1 Å². The first kappa shape index (κ1) is 26.0. The van der Waals surface area contributed by atoms with Crippen molar-refractivity contribution in [2.24, 2.45) is 0 Å². The molecule has 0 heterocycles. The Balaban J connectivity index is 1.87. The summed E-state index contributed by atoms with van der Waals surface area (Å²) in [5.41, 5.74) is 3.23. The number of halogens is 2. The van der Waals surface area contributed by atoms with Gasteiger partial charge in [-0.05, 0) is 41.5 Å². The lowest BCUT2D eigenvalue weighted by Crippen LogP contribution is -2.34. The lowest BCUT2D eigenvalue weighted by molar-refractivity contribution is 0.201. The predicted molar refractivity (Wildman–Crippen MR) is 136 cm³/mol. The molecule has 0 fully saturated rings. The van der Waals surface area contributed by atoms with Gasteiger partial charge in [-0.3, -0.25) is 9.08 Å². The number of hydrogen-bond acceptors (Lipinski definition) is 6. The van der Waals surface area contributed by atoms with Crippen LogP contribution in [0.25, 0.3) is 0 Å². The van der Waals surface area contributed by atoms with Crippen LogP contribution < -0.4 is 5.32 Å². The number of benzene rings is 3. The molecule has 0 aliphatic carbocycles. The Labute approximate surface area is 210 Å². The fourth-order valence-corrected chi connectivity index (χ4v) is 4.21. The first-order valence-corrected chi connectivity index (χ1v) is 13.1. The first-order chi connectivity index (χ1) is 16.2. The number of nitriles is 1. The highest BCUT2D eigenvalue weighted by Crippen LogP contribution is 2.29. The molecular weight excluding hydrogens is 493 g/mol. The fraction of sp³-hybridized carbons (Fsp3) is 0.240. The van der Waals surface area contributed by atoms with Gasteiger partial charge in [0.1, 0.15) is 0 Å². The zero-order valence-electron chi connectivity index (χ0n) is 18.6. The van der Waals surface area contributed by atoms with E-state index in [1.54, 1.807) is 18.2 Å². The second-order valence-electron chi connectivity index (χ2n) is 7.80. The summed E-state index contributed by atoms with van der Waals surface area (Å²) in [7, 11) is -3.54. The van der Waals surface area contributed by atoms with Crippen LogP contribution in [0.3, 0.4) is 0 Å². The van der Waals surface area contributed by atoms with E-state index >= 15 is 0 Å². The largest absolute Gasteiger partial charge is 0.376 e. The van der Waals surface area contributed by atoms with Gasteiger partial charge in [-0.1, -0.05) is 65.7 Å². The quantitative estimate of drug-likeness (QED) is 0.338. The summed E-state index contributed by atoms with van der Waals surface area (Å²) in [6.45, 7) is 1.56. The third kappa shape index (κ3) is 8.32. The third-order valence-corrected chi connectivity index (χ3v) is 6.25. The van der Waals surface area contributed by atoms with Gasteiger partial charge >= 0.3 is 0 Å². The molecular formula is C25H25Cl2N3O3S. The van der Waals surface area contributed by atoms with Crippen LogP contribution in [0.1, 0.15) is 22.7 Å². The Kier molecular flexibility index (Phi) is 9.34. The van der Waals surface area contributed by atoms with Crippen LogP contribution >= 0.6 is 23.2 Å². The minimum atomic E-state index is -3.54. The van der Waals surface area contributed by atoms with Crippen LogP contribution in [0.2, 0.25) is 10.0 Å². The minimum Gasteiger partial charge on any atom is -0.376 e. The van der Waals surface area contributed by atoms with E-state index in [2.05, 4.69) is 16.3 Å². The second-order valence-corrected chi connectivity index (χ2v) is 10.3. The molecule has 6 nitrogen and oxygen atoms in total. The number of nitrogens with zero attached hydrogens (tertiary/aromatic N) is 2. The zero-order valence-corrected chi connectivity index (χ0v) is 20.9. The maximum absolute atomic E-state index is 11.5. The van der Waals surface area contributed by atoms with E-state index in [-0.39, 0.29) is 12.6 Å². The van der Waals surface area contributed by atoms with E-state index in [9.17, 15) is 8.42 Å². The van der Waals surface area contributed by atoms with Crippen molar-refractivity contribution in [2.75, 3.05) is 31.3 Å². The number of anilines is 1. The van der Waals surface area contributed by atoms with E-state index in [0.29, 0.717) is 40.9 Å². The second kappa shape index (κ2) is 12.2. The maximum Gasteiger partial charge on any atom is 0.264 e. The lowest BCUT2D eigenvalue weighted by Gasteiger charge is -2.29. The third-order valence-electron chi connectivity index (χ3n) is 5.09. The minimum absolute atomic E-state index is 0.0383. The molecule has 3 aromatic rings. The Hall–Kier alpha value is -2.60. The summed E-state index contributed by atoms with van der Waals surface area (Å²) in [6.07, 6.45) is 1.04. The van der Waals surface area contributed by atoms with Crippen molar-refractivity contribution in [3.8, 4) is 6.07 Å². The van der Waals surface area contributed by atoms with Gasteiger partial charge in [0.15, 0.2) is 0 Å². The zero-order chi connectivity index (χ0) is 24.6. The van der Waals surface area contributed by atoms with Gasteiger partial charge in [-0.25, -0.2) is 0 Å². The van der Waals surface area contributed by atoms with Gasteiger partial charge < -0.3 is 5.32 Å². The van der Waals surface area contributed by atoms with Crippen molar-refractivity contribution in [1.82, 2.24) is 4.90 Å². The van der Waals surface area contributed by atoms with Crippen molar-refractivity contribution in [3.63, 3.8) is 0 Å². The highest BCUT2D eigenvalue weighted by atomic mass is 35.5. The number of rotatable bonds is 11. The smallest absolute Gasteiger partial charge is 0.264 e. The topological polar surface area (TPSA) is 82.4 Å². The molecule has 9 heteroatoms. The Morgan fingerprint density at radius 2 is 1.76 bits per heavy atom. The molecule has 0 radical (unpaired) electrons. The molecule has 0 aromatic heterocycles. The van der Waals surface area contributed by atoms with Gasteiger partial charge in [0.2, 0.25) is 0 Å². The standard InChI is InChI=1S/C25H25Cl2N3O3S/c1-34(31,32)33-14-13-30(17-19-5-3-2-4-6-19)18-25(21-8-10-22(26)11-9-21)29-24-12-7-20(16-28)15-23(24)27/h2-12,15,25,29H,13-14,17-18H2,1H3/t25-/m0/s1. The summed E-state index contributed by atoms with van der Waals surface area (Å²) in [5.74, 6) is 0. The summed E-state index contributed by atoms with van der Waals surface area (Å²) in [5, 5.41) is 13.7. The average Bonchev–Trinajstić information content (AvgIpc) is 2.80. The van der Waals surface area contributed by atoms with Gasteiger partial charge in [0.25, 0.3) is 10.1 Å². The molecule has 0 unspecified atom stereocenters. The van der Waals surface area contributed by atoms with E-state index in [4.69, 9.17) is 32.6 Å². The van der Waals surface area contributed by atoms with E-state index in [1.165, 1.54) is 0 Å². The van der Waals surface area contributed by atoms with Crippen LogP contribution in [0, 0.1) is 11.3 Å². The summed E-state index contributed by atoms with van der Waals surface area (Å²) >= 11 is 12.5. The average molecular weight is 518 g/mol. The van der Waals surface area contributed by atoms with Gasteiger partial charge in [-0.2, -0.15) is 13.7 Å². The molecule has 0 bridgehead atoms. The van der Waals surface area contributed by atoms with Crippen molar-refractivity contribution in [1.29, 1.82) is 5.26 Å². The van der Waals surface area contributed by atoms with Gasteiger partial charge in [0.05, 0.1) is 41.2 Å². The Morgan fingerprint density at radius 1 is 1.06 bits per heavy atom. The van der Waals surface area contributed by atoms with Crippen LogP contribution in [0.15, 0.2) is 72.8 Å². The van der Waals surface area contributed by atoms with Crippen molar-refractivity contribution >= 4 is 39.0 Å². The van der Waals surface area contributed by atoms with Crippen LogP contribution in [-0.4, -0.2) is 39.3 Å². The predicted octanol–water partition coefficient (Wildman–Crippen LogP) is 5.50. The lowest BCUT2D eigenvalue weighted by atomic mass is 10.0. The number of hydrogen-bond donors (Lipinski definition) is 1. The van der Waals surface area contributed by atoms with Crippen molar-refractivity contribution in [3.05, 3.63) is 99.5 Å².